The van der Waals surface area contributed by atoms with Gasteiger partial charge in [0.1, 0.15) is 5.82 Å². The van der Waals surface area contributed by atoms with Crippen LogP contribution in [-0.4, -0.2) is 9.55 Å². The van der Waals surface area contributed by atoms with Gasteiger partial charge in [0.05, 0.1) is 39.2 Å². The number of hydrogen-bond donors (Lipinski definition) is 0. The van der Waals surface area contributed by atoms with Crippen LogP contribution in [0.1, 0.15) is 33.4 Å². The standard InChI is InChI=1S/C56H40N4O/c1-37-16-14-17-38(2)55(37)39-32-33-57-54(34-39)58-50-27-11-8-24-46(50)47-31-30-41(36-53(47)58)56(48-25-9-6-22-44(48)45-23-7-10-26-49(45)56)40-18-15-21-43(35-40)60-52-29-13-12-28-51(52)59(61-60)42-19-4-3-5-20-42/h3-36H,1-2H3. The van der Waals surface area contributed by atoms with E-state index in [9.17, 15) is 0 Å². The predicted molar refractivity (Wildman–Crippen MR) is 249 cm³/mol. The average Bonchev–Trinajstić information content (AvgIpc) is 3.96. The van der Waals surface area contributed by atoms with Gasteiger partial charge >= 0.3 is 0 Å². The van der Waals surface area contributed by atoms with Gasteiger partial charge in [0.15, 0.2) is 0 Å². The Balaban J connectivity index is 1.10. The second kappa shape index (κ2) is 13.7. The molecule has 5 nitrogen and oxygen atoms in total. The molecule has 0 unspecified atom stereocenters. The zero-order valence-electron chi connectivity index (χ0n) is 33.8. The summed E-state index contributed by atoms with van der Waals surface area (Å²) in [6.07, 6.45) is 1.95. The molecule has 10 aromatic rings. The lowest BCUT2D eigenvalue weighted by Gasteiger charge is -2.34. The van der Waals surface area contributed by atoms with Crippen LogP contribution in [0.3, 0.4) is 0 Å². The fourth-order valence-electron chi connectivity index (χ4n) is 10.2. The normalized spacial score (nSPS) is 13.7. The molecule has 0 saturated heterocycles. The maximum atomic E-state index is 6.77. The molecule has 2 aromatic heterocycles. The Morgan fingerprint density at radius 3 is 1.80 bits per heavy atom. The van der Waals surface area contributed by atoms with E-state index in [0.29, 0.717) is 0 Å². The first-order chi connectivity index (χ1) is 30.1. The largest absolute Gasteiger partial charge is 0.294 e. The van der Waals surface area contributed by atoms with Crippen molar-refractivity contribution in [2.45, 2.75) is 19.3 Å². The van der Waals surface area contributed by atoms with Gasteiger partial charge in [-0.25, -0.2) is 4.98 Å². The van der Waals surface area contributed by atoms with Crippen LogP contribution < -0.4 is 10.1 Å². The molecule has 0 saturated carbocycles. The third-order valence-electron chi connectivity index (χ3n) is 12.8. The Kier molecular flexibility index (Phi) is 7.89. The summed E-state index contributed by atoms with van der Waals surface area (Å²) in [4.78, 5) is 11.9. The molecule has 12 rings (SSSR count). The highest BCUT2D eigenvalue weighted by molar-refractivity contribution is 6.09. The van der Waals surface area contributed by atoms with Crippen LogP contribution in [0.2, 0.25) is 0 Å². The number of hydrogen-bond acceptors (Lipinski definition) is 4. The minimum Gasteiger partial charge on any atom is -0.294 e. The lowest BCUT2D eigenvalue weighted by molar-refractivity contribution is 0.156. The van der Waals surface area contributed by atoms with Crippen molar-refractivity contribution in [3.63, 3.8) is 0 Å². The third kappa shape index (κ3) is 5.21. The summed E-state index contributed by atoms with van der Waals surface area (Å²) in [5, 5.41) is 6.25. The lowest BCUT2D eigenvalue weighted by atomic mass is 9.67. The summed E-state index contributed by atoms with van der Waals surface area (Å²) >= 11 is 0. The van der Waals surface area contributed by atoms with Crippen molar-refractivity contribution in [1.29, 1.82) is 0 Å². The van der Waals surface area contributed by atoms with Crippen molar-refractivity contribution in [2.24, 2.45) is 0 Å². The fourth-order valence-corrected chi connectivity index (χ4v) is 10.2. The Morgan fingerprint density at radius 2 is 1.05 bits per heavy atom. The first-order valence-corrected chi connectivity index (χ1v) is 20.9. The van der Waals surface area contributed by atoms with Crippen LogP contribution in [0.15, 0.2) is 206 Å². The molecule has 0 fully saturated rings. The predicted octanol–water partition coefficient (Wildman–Crippen LogP) is 14.0. The van der Waals surface area contributed by atoms with Gasteiger partial charge in [-0.3, -0.25) is 4.57 Å². The Hall–Kier alpha value is -7.73. The molecule has 290 valence electrons. The highest BCUT2D eigenvalue weighted by Crippen LogP contribution is 2.57. The summed E-state index contributed by atoms with van der Waals surface area (Å²) in [5.74, 6) is 0.889. The van der Waals surface area contributed by atoms with Crippen LogP contribution >= 0.6 is 0 Å². The van der Waals surface area contributed by atoms with Crippen molar-refractivity contribution < 1.29 is 4.94 Å². The van der Waals surface area contributed by atoms with E-state index >= 15 is 0 Å². The van der Waals surface area contributed by atoms with Crippen LogP contribution in [0.5, 0.6) is 0 Å². The summed E-state index contributed by atoms with van der Waals surface area (Å²) in [6, 6.07) is 72.1. The number of nitrogens with zero attached hydrogens (tertiary/aromatic N) is 4. The minimum atomic E-state index is -0.662. The molecular formula is C56H40N4O. The number of rotatable bonds is 6. The van der Waals surface area contributed by atoms with E-state index in [0.717, 1.165) is 50.7 Å². The molecule has 5 heteroatoms. The van der Waals surface area contributed by atoms with E-state index in [-0.39, 0.29) is 0 Å². The van der Waals surface area contributed by atoms with Crippen LogP contribution in [0, 0.1) is 13.8 Å². The molecule has 0 atom stereocenters. The highest BCUT2D eigenvalue weighted by atomic mass is 16.8. The van der Waals surface area contributed by atoms with Gasteiger partial charge < -0.3 is 0 Å². The van der Waals surface area contributed by atoms with Crippen molar-refractivity contribution in [1.82, 2.24) is 9.55 Å². The van der Waals surface area contributed by atoms with E-state index in [1.165, 1.54) is 55.3 Å². The van der Waals surface area contributed by atoms with Gasteiger partial charge in [0.25, 0.3) is 0 Å². The molecule has 0 amide bonds. The quantitative estimate of drug-likeness (QED) is 0.168. The molecule has 0 bridgehead atoms. The fraction of sp³-hybridized carbons (Fsp3) is 0.0536. The van der Waals surface area contributed by atoms with Crippen LogP contribution in [-0.2, 0) is 10.4 Å². The van der Waals surface area contributed by atoms with E-state index < -0.39 is 5.41 Å². The second-order valence-corrected chi connectivity index (χ2v) is 16.1. The van der Waals surface area contributed by atoms with E-state index in [1.807, 2.05) is 34.5 Å². The van der Waals surface area contributed by atoms with E-state index in [4.69, 9.17) is 9.92 Å². The summed E-state index contributed by atoms with van der Waals surface area (Å²) in [5.41, 5.74) is 17.7. The topological polar surface area (TPSA) is 33.5 Å². The van der Waals surface area contributed by atoms with Crippen molar-refractivity contribution in [3.8, 4) is 28.1 Å². The molecule has 61 heavy (non-hydrogen) atoms. The Labute approximate surface area is 354 Å². The van der Waals surface area contributed by atoms with Crippen molar-refractivity contribution in [3.05, 3.63) is 240 Å². The molecule has 3 heterocycles. The van der Waals surface area contributed by atoms with Gasteiger partial charge in [0, 0.05) is 17.0 Å². The maximum absolute atomic E-state index is 6.77. The molecular weight excluding hydrogens is 745 g/mol. The zero-order valence-corrected chi connectivity index (χ0v) is 33.8. The molecule has 0 spiro atoms. The number of benzene rings is 8. The lowest BCUT2D eigenvalue weighted by Crippen LogP contribution is -2.29. The first kappa shape index (κ1) is 35.2. The van der Waals surface area contributed by atoms with Crippen LogP contribution in [0.4, 0.5) is 22.7 Å². The van der Waals surface area contributed by atoms with E-state index in [2.05, 4.69) is 200 Å². The highest BCUT2D eigenvalue weighted by Gasteiger charge is 2.46. The van der Waals surface area contributed by atoms with Gasteiger partial charge in [-0.05, 0) is 130 Å². The monoisotopic (exact) mass is 784 g/mol. The number of anilines is 4. The number of fused-ring (bicyclic) bond motifs is 7. The summed E-state index contributed by atoms with van der Waals surface area (Å²) in [6.45, 7) is 4.38. The smallest absolute Gasteiger partial charge is 0.138 e. The summed E-state index contributed by atoms with van der Waals surface area (Å²) < 4.78 is 2.36. The molecule has 0 radical (unpaired) electrons. The van der Waals surface area contributed by atoms with Gasteiger partial charge in [-0.15, -0.1) is 4.94 Å². The Bertz CT molecular complexity index is 3280. The number of aromatic nitrogens is 2. The first-order valence-electron chi connectivity index (χ1n) is 20.9. The molecule has 0 N–H and O–H groups in total. The SMILES string of the molecule is Cc1cccc(C)c1-c1ccnc(-n2c3ccccc3c3ccc(C4(c5cccc(N6ON(c7ccccc7)c7ccccc76)c5)c5ccccc5-c5ccccc54)cc32)c1. The maximum Gasteiger partial charge on any atom is 0.138 e. The zero-order chi connectivity index (χ0) is 40.7. The van der Waals surface area contributed by atoms with Gasteiger partial charge in [-0.2, -0.15) is 10.1 Å². The number of aryl methyl sites for hydroxylation is 2. The van der Waals surface area contributed by atoms with Gasteiger partial charge in [0.2, 0.25) is 0 Å². The van der Waals surface area contributed by atoms with Crippen LogP contribution in [0.25, 0.3) is 49.9 Å². The molecule has 1 aliphatic heterocycles. The minimum absolute atomic E-state index is 0.662. The number of para-hydroxylation sites is 4. The molecule has 2 aliphatic rings. The number of pyridine rings is 1. The molecule has 1 aliphatic carbocycles. The van der Waals surface area contributed by atoms with Crippen molar-refractivity contribution in [2.75, 3.05) is 10.1 Å². The molecule has 8 aromatic carbocycles. The summed E-state index contributed by atoms with van der Waals surface area (Å²) in [7, 11) is 0. The Morgan fingerprint density at radius 1 is 0.459 bits per heavy atom. The second-order valence-electron chi connectivity index (χ2n) is 16.1. The third-order valence-corrected chi connectivity index (χ3v) is 12.8. The van der Waals surface area contributed by atoms with Gasteiger partial charge in [-0.1, -0.05) is 140 Å². The average molecular weight is 785 g/mol. The van der Waals surface area contributed by atoms with Crippen molar-refractivity contribution >= 4 is 44.6 Å². The van der Waals surface area contributed by atoms with E-state index in [1.54, 1.807) is 0 Å².